The Kier molecular flexibility index (Phi) is 5.28. The summed E-state index contributed by atoms with van der Waals surface area (Å²) in [5.74, 6) is 0. The molecule has 2 unspecified atom stereocenters. The first-order chi connectivity index (χ1) is 10.4. The van der Waals surface area contributed by atoms with Crippen LogP contribution in [-0.2, 0) is 17.8 Å². The van der Waals surface area contributed by atoms with E-state index in [1.54, 1.807) is 0 Å². The lowest BCUT2D eigenvalue weighted by Crippen LogP contribution is -2.47. The molecule has 116 valence electrons. The second-order valence-electron chi connectivity index (χ2n) is 6.37. The van der Waals surface area contributed by atoms with Crippen molar-refractivity contribution in [2.24, 2.45) is 0 Å². The highest BCUT2D eigenvalue weighted by Gasteiger charge is 2.35. The van der Waals surface area contributed by atoms with Gasteiger partial charge in [-0.15, -0.1) is 0 Å². The molecule has 1 aliphatic heterocycles. The first-order valence-electron chi connectivity index (χ1n) is 8.51. The molecular formula is C18H28N2O. The maximum atomic E-state index is 5.89. The van der Waals surface area contributed by atoms with E-state index < -0.39 is 0 Å². The largest absolute Gasteiger partial charge is 0.375 e. The Bertz CT molecular complexity index is 431. The number of hydrogen-bond donors (Lipinski definition) is 1. The maximum absolute atomic E-state index is 5.89. The van der Waals surface area contributed by atoms with Crippen LogP contribution in [0.4, 0.5) is 0 Å². The number of ether oxygens (including phenoxy) is 1. The first-order valence-corrected chi connectivity index (χ1v) is 8.51. The molecule has 2 fully saturated rings. The molecule has 0 radical (unpaired) electrons. The molecule has 3 heteroatoms. The summed E-state index contributed by atoms with van der Waals surface area (Å²) in [7, 11) is 0. The fraction of sp³-hybridized carbons (Fsp3) is 0.667. The van der Waals surface area contributed by atoms with Gasteiger partial charge in [-0.1, -0.05) is 31.2 Å². The predicted molar refractivity (Wildman–Crippen MR) is 86.2 cm³/mol. The Morgan fingerprint density at radius 1 is 1.19 bits per heavy atom. The van der Waals surface area contributed by atoms with Gasteiger partial charge in [0.05, 0.1) is 12.7 Å². The molecule has 2 aliphatic rings. The van der Waals surface area contributed by atoms with Gasteiger partial charge in [-0.05, 0) is 43.4 Å². The van der Waals surface area contributed by atoms with Gasteiger partial charge in [-0.2, -0.15) is 0 Å². The fourth-order valence-corrected chi connectivity index (χ4v) is 3.61. The molecule has 1 N–H and O–H groups in total. The Hall–Kier alpha value is -0.900. The smallest absolute Gasteiger partial charge is 0.0731 e. The van der Waals surface area contributed by atoms with Crippen LogP contribution >= 0.6 is 0 Å². The van der Waals surface area contributed by atoms with Crippen LogP contribution in [0.25, 0.3) is 0 Å². The Morgan fingerprint density at radius 2 is 2.00 bits per heavy atom. The molecule has 1 saturated heterocycles. The van der Waals surface area contributed by atoms with Crippen LogP contribution in [0.5, 0.6) is 0 Å². The van der Waals surface area contributed by atoms with E-state index in [9.17, 15) is 0 Å². The van der Waals surface area contributed by atoms with Crippen LogP contribution in [-0.4, -0.2) is 36.7 Å². The van der Waals surface area contributed by atoms with Crippen LogP contribution in [0.3, 0.4) is 0 Å². The van der Waals surface area contributed by atoms with Gasteiger partial charge in [0, 0.05) is 25.7 Å². The van der Waals surface area contributed by atoms with Crippen LogP contribution in [0.2, 0.25) is 0 Å². The SMILES string of the molecule is CCCNCc1ccc(CN2CCOC3CCCC32)cc1. The zero-order valence-electron chi connectivity index (χ0n) is 13.2. The first kappa shape index (κ1) is 15.0. The normalized spacial score (nSPS) is 26.0. The molecule has 1 saturated carbocycles. The summed E-state index contributed by atoms with van der Waals surface area (Å²) in [5, 5.41) is 3.46. The lowest BCUT2D eigenvalue weighted by molar-refractivity contribution is -0.0588. The summed E-state index contributed by atoms with van der Waals surface area (Å²) in [6.07, 6.45) is 5.58. The summed E-state index contributed by atoms with van der Waals surface area (Å²) in [6, 6.07) is 9.78. The molecule has 1 heterocycles. The lowest BCUT2D eigenvalue weighted by atomic mass is 10.1. The highest BCUT2D eigenvalue weighted by Crippen LogP contribution is 2.30. The lowest BCUT2D eigenvalue weighted by Gasteiger charge is -2.37. The molecule has 21 heavy (non-hydrogen) atoms. The van der Waals surface area contributed by atoms with E-state index >= 15 is 0 Å². The molecular weight excluding hydrogens is 260 g/mol. The third kappa shape index (κ3) is 3.85. The summed E-state index contributed by atoms with van der Waals surface area (Å²) >= 11 is 0. The minimum atomic E-state index is 0.497. The molecule has 0 spiro atoms. The quantitative estimate of drug-likeness (QED) is 0.815. The summed E-state index contributed by atoms with van der Waals surface area (Å²) < 4.78 is 5.89. The number of hydrogen-bond acceptors (Lipinski definition) is 3. The van der Waals surface area contributed by atoms with E-state index in [4.69, 9.17) is 4.74 Å². The molecule has 3 rings (SSSR count). The number of nitrogens with one attached hydrogen (secondary N) is 1. The molecule has 0 amide bonds. The summed E-state index contributed by atoms with van der Waals surface area (Å²) in [4.78, 5) is 2.63. The van der Waals surface area contributed by atoms with Crippen molar-refractivity contribution in [3.05, 3.63) is 35.4 Å². The van der Waals surface area contributed by atoms with Gasteiger partial charge < -0.3 is 10.1 Å². The number of rotatable bonds is 6. The maximum Gasteiger partial charge on any atom is 0.0731 e. The molecule has 1 aliphatic carbocycles. The van der Waals surface area contributed by atoms with Crippen LogP contribution in [0.15, 0.2) is 24.3 Å². The van der Waals surface area contributed by atoms with Gasteiger partial charge in [0.2, 0.25) is 0 Å². The van der Waals surface area contributed by atoms with Crippen molar-refractivity contribution in [1.82, 2.24) is 10.2 Å². The summed E-state index contributed by atoms with van der Waals surface area (Å²) in [5.41, 5.74) is 2.81. The molecule has 2 atom stereocenters. The van der Waals surface area contributed by atoms with Crippen molar-refractivity contribution in [1.29, 1.82) is 0 Å². The van der Waals surface area contributed by atoms with E-state index in [2.05, 4.69) is 41.4 Å². The highest BCUT2D eigenvalue weighted by molar-refractivity contribution is 5.22. The second-order valence-corrected chi connectivity index (χ2v) is 6.37. The average molecular weight is 288 g/mol. The van der Waals surface area contributed by atoms with E-state index in [1.165, 1.54) is 36.8 Å². The molecule has 1 aromatic carbocycles. The van der Waals surface area contributed by atoms with Gasteiger partial charge in [-0.25, -0.2) is 0 Å². The third-order valence-electron chi connectivity index (χ3n) is 4.76. The number of fused-ring (bicyclic) bond motifs is 1. The van der Waals surface area contributed by atoms with Gasteiger partial charge in [0.1, 0.15) is 0 Å². The number of nitrogens with zero attached hydrogens (tertiary/aromatic N) is 1. The monoisotopic (exact) mass is 288 g/mol. The summed E-state index contributed by atoms with van der Waals surface area (Å²) in [6.45, 7) is 7.35. The zero-order valence-corrected chi connectivity index (χ0v) is 13.2. The standard InChI is InChI=1S/C18H28N2O/c1-2-10-19-13-15-6-8-16(9-7-15)14-20-11-12-21-18-5-3-4-17(18)20/h6-9,17-19H,2-5,10-14H2,1H3. The zero-order chi connectivity index (χ0) is 14.5. The van der Waals surface area contributed by atoms with E-state index in [0.717, 1.165) is 32.8 Å². The van der Waals surface area contributed by atoms with Crippen molar-refractivity contribution >= 4 is 0 Å². The van der Waals surface area contributed by atoms with Gasteiger partial charge in [0.25, 0.3) is 0 Å². The van der Waals surface area contributed by atoms with Crippen molar-refractivity contribution in [2.75, 3.05) is 19.7 Å². The van der Waals surface area contributed by atoms with Crippen molar-refractivity contribution < 1.29 is 4.74 Å². The average Bonchev–Trinajstić information content (AvgIpc) is 2.99. The Morgan fingerprint density at radius 3 is 2.81 bits per heavy atom. The topological polar surface area (TPSA) is 24.5 Å². The minimum absolute atomic E-state index is 0.497. The Labute approximate surface area is 128 Å². The molecule has 0 bridgehead atoms. The molecule has 3 nitrogen and oxygen atoms in total. The number of morpholine rings is 1. The van der Waals surface area contributed by atoms with Crippen LogP contribution in [0.1, 0.15) is 43.7 Å². The van der Waals surface area contributed by atoms with E-state index in [1.807, 2.05) is 0 Å². The third-order valence-corrected chi connectivity index (χ3v) is 4.76. The van der Waals surface area contributed by atoms with Gasteiger partial charge in [0.15, 0.2) is 0 Å². The van der Waals surface area contributed by atoms with E-state index in [-0.39, 0.29) is 0 Å². The number of benzene rings is 1. The predicted octanol–water partition coefficient (Wildman–Crippen LogP) is 2.94. The van der Waals surface area contributed by atoms with Crippen LogP contribution < -0.4 is 5.32 Å². The second kappa shape index (κ2) is 7.39. The molecule has 1 aromatic rings. The van der Waals surface area contributed by atoms with Crippen LogP contribution in [0, 0.1) is 0 Å². The van der Waals surface area contributed by atoms with E-state index in [0.29, 0.717) is 12.1 Å². The van der Waals surface area contributed by atoms with Gasteiger partial charge >= 0.3 is 0 Å². The highest BCUT2D eigenvalue weighted by atomic mass is 16.5. The fourth-order valence-electron chi connectivity index (χ4n) is 3.61. The minimum Gasteiger partial charge on any atom is -0.375 e. The van der Waals surface area contributed by atoms with Gasteiger partial charge in [-0.3, -0.25) is 4.90 Å². The van der Waals surface area contributed by atoms with Crippen molar-refractivity contribution in [3.8, 4) is 0 Å². The van der Waals surface area contributed by atoms with Crippen molar-refractivity contribution in [3.63, 3.8) is 0 Å². The Balaban J connectivity index is 1.54. The van der Waals surface area contributed by atoms with Crippen molar-refractivity contribution in [2.45, 2.75) is 57.8 Å². The molecule has 0 aromatic heterocycles.